The van der Waals surface area contributed by atoms with Gasteiger partial charge < -0.3 is 0 Å². The van der Waals surface area contributed by atoms with Crippen LogP contribution in [0, 0.1) is 5.41 Å². The Morgan fingerprint density at radius 2 is 1.90 bits per heavy atom. The predicted molar refractivity (Wildman–Crippen MR) is 53.0 cm³/mol. The molecule has 0 aromatic carbocycles. The van der Waals surface area contributed by atoms with Crippen molar-refractivity contribution in [2.75, 3.05) is 17.3 Å². The van der Waals surface area contributed by atoms with Crippen molar-refractivity contribution >= 4 is 23.5 Å². The van der Waals surface area contributed by atoms with E-state index in [0.717, 1.165) is 5.25 Å². The van der Waals surface area contributed by atoms with Crippen molar-refractivity contribution in [2.24, 2.45) is 5.41 Å². The number of rotatable bonds is 0. The summed E-state index contributed by atoms with van der Waals surface area (Å²) in [5.41, 5.74) is 0.512. The summed E-state index contributed by atoms with van der Waals surface area (Å²) in [7, 11) is 0. The maximum atomic E-state index is 2.34. The Kier molecular flexibility index (Phi) is 2.99. The Labute approximate surface area is 72.5 Å². The molecule has 0 N–H and O–H groups in total. The standard InChI is InChI=1S/C8H16S2/c1-8(2,3)7-6-9-4-5-10-7/h7H,4-6H2,1-3H3. The van der Waals surface area contributed by atoms with Crippen LogP contribution in [0.4, 0.5) is 0 Å². The lowest BCUT2D eigenvalue weighted by atomic mass is 9.93. The maximum absolute atomic E-state index is 2.34. The highest BCUT2D eigenvalue weighted by Crippen LogP contribution is 2.36. The summed E-state index contributed by atoms with van der Waals surface area (Å²) in [6.07, 6.45) is 0. The molecule has 0 aromatic rings. The van der Waals surface area contributed by atoms with Gasteiger partial charge in [0.2, 0.25) is 0 Å². The van der Waals surface area contributed by atoms with E-state index in [9.17, 15) is 0 Å². The molecule has 0 aromatic heterocycles. The number of thioether (sulfide) groups is 2. The molecule has 0 spiro atoms. The molecule has 0 bridgehead atoms. The second kappa shape index (κ2) is 3.40. The fourth-order valence-electron chi connectivity index (χ4n) is 0.988. The number of hydrogen-bond donors (Lipinski definition) is 0. The molecular weight excluding hydrogens is 160 g/mol. The van der Waals surface area contributed by atoms with Gasteiger partial charge in [-0.15, -0.1) is 0 Å². The Balaban J connectivity index is 2.39. The van der Waals surface area contributed by atoms with Crippen LogP contribution in [0.5, 0.6) is 0 Å². The lowest BCUT2D eigenvalue weighted by Gasteiger charge is -2.32. The van der Waals surface area contributed by atoms with Crippen molar-refractivity contribution in [3.8, 4) is 0 Å². The van der Waals surface area contributed by atoms with Crippen LogP contribution in [0.15, 0.2) is 0 Å². The van der Waals surface area contributed by atoms with Crippen LogP contribution in [-0.4, -0.2) is 22.5 Å². The monoisotopic (exact) mass is 176 g/mol. The van der Waals surface area contributed by atoms with E-state index in [4.69, 9.17) is 0 Å². The Morgan fingerprint density at radius 1 is 1.20 bits per heavy atom. The quantitative estimate of drug-likeness (QED) is 0.556. The Morgan fingerprint density at radius 3 is 2.20 bits per heavy atom. The molecule has 1 heterocycles. The smallest absolute Gasteiger partial charge is 0.0186 e. The van der Waals surface area contributed by atoms with Crippen LogP contribution in [0.25, 0.3) is 0 Å². The molecule has 0 saturated carbocycles. The highest BCUT2D eigenvalue weighted by atomic mass is 32.2. The molecule has 0 amide bonds. The summed E-state index contributed by atoms with van der Waals surface area (Å²) >= 11 is 4.26. The fourth-order valence-corrected chi connectivity index (χ4v) is 4.18. The van der Waals surface area contributed by atoms with Gasteiger partial charge in [-0.05, 0) is 5.41 Å². The minimum absolute atomic E-state index is 0.512. The highest BCUT2D eigenvalue weighted by Gasteiger charge is 2.26. The van der Waals surface area contributed by atoms with Crippen LogP contribution < -0.4 is 0 Å². The second-order valence-electron chi connectivity index (χ2n) is 3.80. The lowest BCUT2D eigenvalue weighted by molar-refractivity contribution is 0.414. The molecule has 0 radical (unpaired) electrons. The zero-order valence-electron chi connectivity index (χ0n) is 7.02. The fraction of sp³-hybridized carbons (Fsp3) is 1.00. The van der Waals surface area contributed by atoms with Crippen LogP contribution >= 0.6 is 23.5 Å². The van der Waals surface area contributed by atoms with Crippen LogP contribution in [0.3, 0.4) is 0 Å². The van der Waals surface area contributed by atoms with Gasteiger partial charge in [0.05, 0.1) is 0 Å². The highest BCUT2D eigenvalue weighted by molar-refractivity contribution is 8.06. The molecule has 0 aliphatic carbocycles. The van der Waals surface area contributed by atoms with Crippen molar-refractivity contribution in [3.63, 3.8) is 0 Å². The van der Waals surface area contributed by atoms with E-state index >= 15 is 0 Å². The topological polar surface area (TPSA) is 0 Å². The Hall–Kier alpha value is 0.700. The third-order valence-corrected chi connectivity index (χ3v) is 5.03. The minimum Gasteiger partial charge on any atom is -0.160 e. The van der Waals surface area contributed by atoms with E-state index < -0.39 is 0 Å². The molecular formula is C8H16S2. The van der Waals surface area contributed by atoms with E-state index in [1.165, 1.54) is 17.3 Å². The van der Waals surface area contributed by atoms with E-state index in [-0.39, 0.29) is 0 Å². The third-order valence-electron chi connectivity index (χ3n) is 1.78. The van der Waals surface area contributed by atoms with Gasteiger partial charge in [0, 0.05) is 22.5 Å². The largest absolute Gasteiger partial charge is 0.160 e. The van der Waals surface area contributed by atoms with Gasteiger partial charge in [0.25, 0.3) is 0 Å². The average Bonchev–Trinajstić information content (AvgIpc) is 1.88. The molecule has 1 atom stereocenters. The lowest BCUT2D eigenvalue weighted by Crippen LogP contribution is -2.28. The molecule has 0 nitrogen and oxygen atoms in total. The van der Waals surface area contributed by atoms with E-state index in [1.807, 2.05) is 0 Å². The first-order valence-electron chi connectivity index (χ1n) is 3.80. The molecule has 10 heavy (non-hydrogen) atoms. The van der Waals surface area contributed by atoms with E-state index in [2.05, 4.69) is 44.3 Å². The van der Waals surface area contributed by atoms with Crippen molar-refractivity contribution in [1.29, 1.82) is 0 Å². The zero-order valence-corrected chi connectivity index (χ0v) is 8.65. The van der Waals surface area contributed by atoms with Crippen LogP contribution in [0.2, 0.25) is 0 Å². The molecule has 1 aliphatic rings. The van der Waals surface area contributed by atoms with Gasteiger partial charge in [-0.2, -0.15) is 23.5 Å². The summed E-state index contributed by atoms with van der Waals surface area (Å²) in [4.78, 5) is 0. The first-order chi connectivity index (χ1) is 4.61. The van der Waals surface area contributed by atoms with Gasteiger partial charge in [-0.25, -0.2) is 0 Å². The second-order valence-corrected chi connectivity index (χ2v) is 6.26. The first kappa shape index (κ1) is 8.79. The van der Waals surface area contributed by atoms with Crippen LogP contribution in [-0.2, 0) is 0 Å². The zero-order chi connectivity index (χ0) is 7.61. The average molecular weight is 176 g/mol. The normalized spacial score (nSPS) is 28.5. The Bertz CT molecular complexity index is 98.3. The van der Waals surface area contributed by atoms with Gasteiger partial charge in [0.15, 0.2) is 0 Å². The van der Waals surface area contributed by atoms with E-state index in [0.29, 0.717) is 5.41 Å². The summed E-state index contributed by atoms with van der Waals surface area (Å²) in [5.74, 6) is 4.07. The molecule has 1 fully saturated rings. The summed E-state index contributed by atoms with van der Waals surface area (Å²) in [6, 6.07) is 0. The van der Waals surface area contributed by atoms with Crippen molar-refractivity contribution < 1.29 is 0 Å². The molecule has 1 saturated heterocycles. The predicted octanol–water partition coefficient (Wildman–Crippen LogP) is 2.88. The van der Waals surface area contributed by atoms with Gasteiger partial charge in [-0.3, -0.25) is 0 Å². The van der Waals surface area contributed by atoms with E-state index in [1.54, 1.807) is 0 Å². The molecule has 60 valence electrons. The summed E-state index contributed by atoms with van der Waals surface area (Å²) in [6.45, 7) is 7.03. The number of hydrogen-bond acceptors (Lipinski definition) is 2. The van der Waals surface area contributed by atoms with Crippen LogP contribution in [0.1, 0.15) is 20.8 Å². The minimum atomic E-state index is 0.512. The summed E-state index contributed by atoms with van der Waals surface area (Å²) in [5, 5.41) is 0.881. The SMILES string of the molecule is CC(C)(C)C1CSCCS1. The van der Waals surface area contributed by atoms with Crippen molar-refractivity contribution in [1.82, 2.24) is 0 Å². The molecule has 1 aliphatic heterocycles. The maximum Gasteiger partial charge on any atom is 0.0186 e. The first-order valence-corrected chi connectivity index (χ1v) is 6.00. The molecule has 1 rings (SSSR count). The van der Waals surface area contributed by atoms with Gasteiger partial charge >= 0.3 is 0 Å². The third kappa shape index (κ3) is 2.39. The van der Waals surface area contributed by atoms with Crippen molar-refractivity contribution in [3.05, 3.63) is 0 Å². The van der Waals surface area contributed by atoms with Crippen molar-refractivity contribution in [2.45, 2.75) is 26.0 Å². The summed E-state index contributed by atoms with van der Waals surface area (Å²) < 4.78 is 0. The van der Waals surface area contributed by atoms with Gasteiger partial charge in [-0.1, -0.05) is 20.8 Å². The molecule has 2 heteroatoms. The molecule has 1 unspecified atom stereocenters. The van der Waals surface area contributed by atoms with Gasteiger partial charge in [0.1, 0.15) is 0 Å².